The fourth-order valence-corrected chi connectivity index (χ4v) is 6.19. The molecule has 8 nitrogen and oxygen atoms in total. The average molecular weight is 495 g/mol. The number of para-hydroxylation sites is 1. The molecule has 35 heavy (non-hydrogen) atoms. The van der Waals surface area contributed by atoms with Gasteiger partial charge in [0.25, 0.3) is 0 Å². The second-order valence-corrected chi connectivity index (χ2v) is 11.6. The van der Waals surface area contributed by atoms with E-state index in [-0.39, 0.29) is 10.9 Å². The molecule has 1 unspecified atom stereocenters. The van der Waals surface area contributed by atoms with E-state index in [0.29, 0.717) is 11.7 Å². The number of nitrogens with zero attached hydrogens (tertiary/aromatic N) is 5. The summed E-state index contributed by atoms with van der Waals surface area (Å²) in [5.74, 6) is 1.11. The first-order valence-electron chi connectivity index (χ1n) is 12.7. The Hall–Kier alpha value is -2.78. The van der Waals surface area contributed by atoms with E-state index in [4.69, 9.17) is 5.10 Å². The minimum Gasteiger partial charge on any atom is -0.369 e. The number of anilines is 1. The van der Waals surface area contributed by atoms with Crippen molar-refractivity contribution in [3.63, 3.8) is 0 Å². The van der Waals surface area contributed by atoms with E-state index >= 15 is 0 Å². The van der Waals surface area contributed by atoms with Gasteiger partial charge in [-0.25, -0.2) is 13.1 Å². The maximum absolute atomic E-state index is 12.5. The Labute approximate surface area is 207 Å². The topological polar surface area (TPSA) is 93.0 Å². The molecule has 1 saturated heterocycles. The fourth-order valence-electron chi connectivity index (χ4n) is 5.43. The van der Waals surface area contributed by atoms with E-state index in [1.165, 1.54) is 44.8 Å². The van der Waals surface area contributed by atoms with E-state index in [0.717, 1.165) is 43.5 Å². The molecule has 2 aromatic carbocycles. The molecule has 5 rings (SSSR count). The maximum atomic E-state index is 12.5. The van der Waals surface area contributed by atoms with Gasteiger partial charge in [0.1, 0.15) is 0 Å². The van der Waals surface area contributed by atoms with Gasteiger partial charge in [-0.15, -0.1) is 10.2 Å². The SMILES string of the molecule is CNS(=O)(=O)c1ccc(CC2CCCCC2)c(-c2nnn(C3CCCN(c4ccccc4)C3)n2)c1. The van der Waals surface area contributed by atoms with Crippen LogP contribution < -0.4 is 9.62 Å². The van der Waals surface area contributed by atoms with Crippen LogP contribution in [0.1, 0.15) is 56.6 Å². The first-order chi connectivity index (χ1) is 17.0. The van der Waals surface area contributed by atoms with Crippen LogP contribution in [0.3, 0.4) is 0 Å². The highest BCUT2D eigenvalue weighted by molar-refractivity contribution is 7.89. The van der Waals surface area contributed by atoms with Crippen molar-refractivity contribution in [3.8, 4) is 11.4 Å². The zero-order valence-corrected chi connectivity index (χ0v) is 21.1. The van der Waals surface area contributed by atoms with Crippen molar-refractivity contribution in [2.24, 2.45) is 5.92 Å². The maximum Gasteiger partial charge on any atom is 0.240 e. The molecule has 1 saturated carbocycles. The van der Waals surface area contributed by atoms with Crippen LogP contribution in [0.4, 0.5) is 5.69 Å². The summed E-state index contributed by atoms with van der Waals surface area (Å²) in [7, 11) is -2.14. The first-order valence-corrected chi connectivity index (χ1v) is 14.2. The number of sulfonamides is 1. The normalized spacial score (nSPS) is 19.7. The Morgan fingerprint density at radius 2 is 1.80 bits per heavy atom. The monoisotopic (exact) mass is 494 g/mol. The number of aromatic nitrogens is 4. The van der Waals surface area contributed by atoms with Gasteiger partial charge in [-0.05, 0) is 67.3 Å². The van der Waals surface area contributed by atoms with Gasteiger partial charge in [0.05, 0.1) is 10.9 Å². The summed E-state index contributed by atoms with van der Waals surface area (Å²) in [6, 6.07) is 15.9. The van der Waals surface area contributed by atoms with E-state index in [1.807, 2.05) is 12.1 Å². The van der Waals surface area contributed by atoms with Gasteiger partial charge in [0.2, 0.25) is 15.8 Å². The molecule has 0 spiro atoms. The van der Waals surface area contributed by atoms with Gasteiger partial charge in [-0.2, -0.15) is 4.80 Å². The molecule has 1 aliphatic carbocycles. The zero-order chi connectivity index (χ0) is 24.3. The smallest absolute Gasteiger partial charge is 0.240 e. The predicted molar refractivity (Wildman–Crippen MR) is 137 cm³/mol. The van der Waals surface area contributed by atoms with Crippen molar-refractivity contribution in [1.29, 1.82) is 0 Å². The standard InChI is InChI=1S/C26H34N6O2S/c1-27-35(33,34)24-15-14-21(17-20-9-4-2-5-10-20)25(18-24)26-28-30-32(29-26)23-13-8-16-31(19-23)22-11-6-3-7-12-22/h3,6-7,11-12,14-15,18,20,23,27H,2,4-5,8-10,13,16-17,19H2,1H3. The van der Waals surface area contributed by atoms with Gasteiger partial charge < -0.3 is 4.90 Å². The third-order valence-electron chi connectivity index (χ3n) is 7.41. The highest BCUT2D eigenvalue weighted by Gasteiger charge is 2.26. The van der Waals surface area contributed by atoms with E-state index in [2.05, 4.69) is 44.2 Å². The zero-order valence-electron chi connectivity index (χ0n) is 20.3. The third-order valence-corrected chi connectivity index (χ3v) is 8.82. The molecule has 1 aliphatic heterocycles. The Morgan fingerprint density at radius 1 is 1.00 bits per heavy atom. The predicted octanol–water partition coefficient (Wildman–Crippen LogP) is 4.21. The highest BCUT2D eigenvalue weighted by Crippen LogP contribution is 2.32. The lowest BCUT2D eigenvalue weighted by molar-refractivity contribution is 0.337. The summed E-state index contributed by atoms with van der Waals surface area (Å²) in [5.41, 5.74) is 3.08. The Morgan fingerprint density at radius 3 is 2.57 bits per heavy atom. The molecule has 2 heterocycles. The second-order valence-electron chi connectivity index (χ2n) is 9.75. The van der Waals surface area contributed by atoms with Gasteiger partial charge in [0, 0.05) is 24.3 Å². The molecule has 2 fully saturated rings. The lowest BCUT2D eigenvalue weighted by Gasteiger charge is -2.33. The molecule has 2 aliphatic rings. The number of rotatable bonds is 7. The molecule has 3 aromatic rings. The van der Waals surface area contributed by atoms with E-state index in [1.54, 1.807) is 16.9 Å². The number of nitrogens with one attached hydrogen (secondary N) is 1. The van der Waals surface area contributed by atoms with Crippen LogP contribution in [-0.4, -0.2) is 48.8 Å². The molecular formula is C26H34N6O2S. The van der Waals surface area contributed by atoms with Crippen molar-refractivity contribution >= 4 is 15.7 Å². The van der Waals surface area contributed by atoms with Gasteiger partial charge in [-0.3, -0.25) is 0 Å². The van der Waals surface area contributed by atoms with Crippen LogP contribution >= 0.6 is 0 Å². The number of benzene rings is 2. The van der Waals surface area contributed by atoms with Crippen molar-refractivity contribution < 1.29 is 8.42 Å². The number of tetrazole rings is 1. The van der Waals surface area contributed by atoms with Gasteiger partial charge >= 0.3 is 0 Å². The summed E-state index contributed by atoms with van der Waals surface area (Å²) in [5, 5.41) is 13.6. The van der Waals surface area contributed by atoms with Gasteiger partial charge in [0.15, 0.2) is 0 Å². The summed E-state index contributed by atoms with van der Waals surface area (Å²) in [6.07, 6.45) is 9.22. The van der Waals surface area contributed by atoms with Gasteiger partial charge in [-0.1, -0.05) is 56.4 Å². The summed E-state index contributed by atoms with van der Waals surface area (Å²) < 4.78 is 27.5. The summed E-state index contributed by atoms with van der Waals surface area (Å²) in [6.45, 7) is 1.83. The minimum atomic E-state index is -3.57. The van der Waals surface area contributed by atoms with Crippen molar-refractivity contribution in [1.82, 2.24) is 24.9 Å². The van der Waals surface area contributed by atoms with Crippen molar-refractivity contribution in [3.05, 3.63) is 54.1 Å². The van der Waals surface area contributed by atoms with Crippen molar-refractivity contribution in [2.75, 3.05) is 25.0 Å². The van der Waals surface area contributed by atoms with Crippen molar-refractivity contribution in [2.45, 2.75) is 62.3 Å². The third kappa shape index (κ3) is 5.41. The molecule has 0 radical (unpaired) electrons. The lowest BCUT2D eigenvalue weighted by Crippen LogP contribution is -2.37. The second kappa shape index (κ2) is 10.5. The number of hydrogen-bond acceptors (Lipinski definition) is 6. The number of piperidine rings is 1. The van der Waals surface area contributed by atoms with Crippen LogP contribution in [0, 0.1) is 5.92 Å². The molecule has 0 amide bonds. The van der Waals surface area contributed by atoms with E-state index in [9.17, 15) is 8.42 Å². The van der Waals surface area contributed by atoms with Crippen LogP contribution in [0.2, 0.25) is 0 Å². The molecule has 1 N–H and O–H groups in total. The van der Waals surface area contributed by atoms with Crippen LogP contribution in [0.5, 0.6) is 0 Å². The Bertz CT molecular complexity index is 1240. The highest BCUT2D eigenvalue weighted by atomic mass is 32.2. The van der Waals surface area contributed by atoms with Crippen LogP contribution in [0.15, 0.2) is 53.4 Å². The fraction of sp³-hybridized carbons (Fsp3) is 0.500. The lowest BCUT2D eigenvalue weighted by atomic mass is 9.84. The molecule has 186 valence electrons. The largest absolute Gasteiger partial charge is 0.369 e. The molecule has 0 bridgehead atoms. The average Bonchev–Trinajstić information content (AvgIpc) is 3.40. The quantitative estimate of drug-likeness (QED) is 0.529. The Balaban J connectivity index is 1.43. The van der Waals surface area contributed by atoms with Crippen LogP contribution in [-0.2, 0) is 16.4 Å². The molecule has 1 aromatic heterocycles. The summed E-state index contributed by atoms with van der Waals surface area (Å²) in [4.78, 5) is 4.33. The number of hydrogen-bond donors (Lipinski definition) is 1. The molecule has 1 atom stereocenters. The molecular weight excluding hydrogens is 460 g/mol. The first kappa shape index (κ1) is 23.9. The van der Waals surface area contributed by atoms with E-state index < -0.39 is 10.0 Å². The Kier molecular flexibility index (Phi) is 7.15. The minimum absolute atomic E-state index is 0.122. The van der Waals surface area contributed by atoms with Crippen LogP contribution in [0.25, 0.3) is 11.4 Å². The molecule has 9 heteroatoms. The summed E-state index contributed by atoms with van der Waals surface area (Å²) >= 11 is 0.